The maximum Gasteiger partial charge on any atom is 0.115 e. The highest BCUT2D eigenvalue weighted by molar-refractivity contribution is 5.90. The molecule has 106 valence electrons. The first kappa shape index (κ1) is 13.4. The molecular formula is C18H18N2O. The van der Waals surface area contributed by atoms with Gasteiger partial charge in [-0.25, -0.2) is 0 Å². The van der Waals surface area contributed by atoms with E-state index in [2.05, 4.69) is 35.4 Å². The number of pyridine rings is 1. The lowest BCUT2D eigenvalue weighted by molar-refractivity contribution is 0.475. The van der Waals surface area contributed by atoms with Crippen LogP contribution in [0.25, 0.3) is 10.9 Å². The van der Waals surface area contributed by atoms with Gasteiger partial charge in [0.15, 0.2) is 0 Å². The minimum atomic E-state index is 0.280. The Balaban J connectivity index is 1.77. The zero-order chi connectivity index (χ0) is 14.7. The number of para-hydroxylation sites is 1. The van der Waals surface area contributed by atoms with Gasteiger partial charge in [0.1, 0.15) is 5.75 Å². The summed E-state index contributed by atoms with van der Waals surface area (Å²) in [6.45, 7) is 2.15. The number of hydrogen-bond donors (Lipinski definition) is 2. The first-order valence-corrected chi connectivity index (χ1v) is 7.10. The molecule has 3 heteroatoms. The van der Waals surface area contributed by atoms with Crippen LogP contribution in [0.1, 0.15) is 12.5 Å². The van der Waals surface area contributed by atoms with E-state index < -0.39 is 0 Å². The highest BCUT2D eigenvalue weighted by Gasteiger charge is 2.07. The lowest BCUT2D eigenvalue weighted by Gasteiger charge is -2.16. The van der Waals surface area contributed by atoms with Crippen LogP contribution in [0.5, 0.6) is 5.75 Å². The molecule has 0 amide bonds. The van der Waals surface area contributed by atoms with Crippen LogP contribution >= 0.6 is 0 Å². The molecule has 3 rings (SSSR count). The molecular weight excluding hydrogens is 260 g/mol. The van der Waals surface area contributed by atoms with Gasteiger partial charge in [-0.2, -0.15) is 0 Å². The van der Waals surface area contributed by atoms with E-state index in [0.717, 1.165) is 23.0 Å². The van der Waals surface area contributed by atoms with Crippen molar-refractivity contribution in [2.45, 2.75) is 19.4 Å². The van der Waals surface area contributed by atoms with Gasteiger partial charge in [0.05, 0.1) is 11.2 Å². The van der Waals surface area contributed by atoms with Crippen LogP contribution in [0, 0.1) is 0 Å². The first-order chi connectivity index (χ1) is 10.2. The van der Waals surface area contributed by atoms with Crippen molar-refractivity contribution in [3.8, 4) is 5.75 Å². The van der Waals surface area contributed by atoms with Crippen LogP contribution in [0.4, 0.5) is 5.69 Å². The zero-order valence-corrected chi connectivity index (χ0v) is 12.0. The molecule has 0 fully saturated rings. The summed E-state index contributed by atoms with van der Waals surface area (Å²) < 4.78 is 0. The average molecular weight is 278 g/mol. The Hall–Kier alpha value is -2.55. The fourth-order valence-corrected chi connectivity index (χ4v) is 2.52. The number of anilines is 1. The van der Waals surface area contributed by atoms with Crippen molar-refractivity contribution in [2.24, 2.45) is 0 Å². The molecule has 3 nitrogen and oxygen atoms in total. The monoisotopic (exact) mass is 278 g/mol. The summed E-state index contributed by atoms with van der Waals surface area (Å²) in [4.78, 5) is 4.46. The van der Waals surface area contributed by atoms with Crippen molar-refractivity contribution in [3.63, 3.8) is 0 Å². The summed E-state index contributed by atoms with van der Waals surface area (Å²) in [6, 6.07) is 17.8. The van der Waals surface area contributed by atoms with Gasteiger partial charge < -0.3 is 10.4 Å². The Morgan fingerprint density at radius 3 is 2.62 bits per heavy atom. The molecule has 0 aliphatic rings. The summed E-state index contributed by atoms with van der Waals surface area (Å²) in [5.41, 5.74) is 3.25. The summed E-state index contributed by atoms with van der Waals surface area (Å²) in [5.74, 6) is 0.303. The van der Waals surface area contributed by atoms with Crippen molar-refractivity contribution in [2.75, 3.05) is 5.32 Å². The van der Waals surface area contributed by atoms with Gasteiger partial charge >= 0.3 is 0 Å². The van der Waals surface area contributed by atoms with Crippen LogP contribution < -0.4 is 5.32 Å². The van der Waals surface area contributed by atoms with Crippen LogP contribution in [0.3, 0.4) is 0 Å². The summed E-state index contributed by atoms with van der Waals surface area (Å²) >= 11 is 0. The van der Waals surface area contributed by atoms with Crippen molar-refractivity contribution in [1.29, 1.82) is 0 Å². The van der Waals surface area contributed by atoms with E-state index in [1.165, 1.54) is 5.56 Å². The van der Waals surface area contributed by atoms with Crippen molar-refractivity contribution < 1.29 is 5.11 Å². The standard InChI is InChI=1S/C18H18N2O/c1-13(12-14-7-9-16(21)10-8-14)20-17-6-2-4-15-5-3-11-19-18(15)17/h2-11,13,20-21H,12H2,1H3. The largest absolute Gasteiger partial charge is 0.508 e. The van der Waals surface area contributed by atoms with E-state index in [0.29, 0.717) is 5.75 Å². The maximum atomic E-state index is 9.32. The fraction of sp³-hybridized carbons (Fsp3) is 0.167. The molecule has 1 unspecified atom stereocenters. The number of phenols is 1. The number of phenolic OH excluding ortho intramolecular Hbond substituents is 1. The van der Waals surface area contributed by atoms with E-state index in [-0.39, 0.29) is 6.04 Å². The van der Waals surface area contributed by atoms with Crippen molar-refractivity contribution in [3.05, 3.63) is 66.4 Å². The molecule has 3 aromatic rings. The van der Waals surface area contributed by atoms with Gasteiger partial charge in [-0.3, -0.25) is 4.98 Å². The number of aromatic hydroxyl groups is 1. The van der Waals surface area contributed by atoms with Gasteiger partial charge in [-0.05, 0) is 43.2 Å². The number of nitrogens with zero attached hydrogens (tertiary/aromatic N) is 1. The second-order valence-corrected chi connectivity index (χ2v) is 5.30. The van der Waals surface area contributed by atoms with Gasteiger partial charge in [-0.1, -0.05) is 30.3 Å². The smallest absolute Gasteiger partial charge is 0.115 e. The van der Waals surface area contributed by atoms with Gasteiger partial charge in [-0.15, -0.1) is 0 Å². The lowest BCUT2D eigenvalue weighted by atomic mass is 10.1. The zero-order valence-electron chi connectivity index (χ0n) is 12.0. The Morgan fingerprint density at radius 2 is 1.81 bits per heavy atom. The molecule has 2 aromatic carbocycles. The molecule has 0 aliphatic heterocycles. The Labute approximate surface area is 124 Å². The summed E-state index contributed by atoms with van der Waals surface area (Å²) in [5, 5.41) is 14.0. The predicted octanol–water partition coefficient (Wildman–Crippen LogP) is 3.98. The second-order valence-electron chi connectivity index (χ2n) is 5.30. The average Bonchev–Trinajstić information content (AvgIpc) is 2.50. The van der Waals surface area contributed by atoms with E-state index in [4.69, 9.17) is 0 Å². The number of hydrogen-bond acceptors (Lipinski definition) is 3. The van der Waals surface area contributed by atoms with E-state index in [9.17, 15) is 5.11 Å². The molecule has 21 heavy (non-hydrogen) atoms. The topological polar surface area (TPSA) is 45.1 Å². The van der Waals surface area contributed by atoms with E-state index in [1.807, 2.05) is 30.5 Å². The Bertz CT molecular complexity index is 732. The van der Waals surface area contributed by atoms with E-state index in [1.54, 1.807) is 12.1 Å². The van der Waals surface area contributed by atoms with Crippen LogP contribution in [-0.4, -0.2) is 16.1 Å². The van der Waals surface area contributed by atoms with Crippen molar-refractivity contribution >= 4 is 16.6 Å². The van der Waals surface area contributed by atoms with Crippen LogP contribution in [0.15, 0.2) is 60.8 Å². The van der Waals surface area contributed by atoms with Crippen molar-refractivity contribution in [1.82, 2.24) is 4.98 Å². The molecule has 2 N–H and O–H groups in total. The minimum Gasteiger partial charge on any atom is -0.508 e. The first-order valence-electron chi connectivity index (χ1n) is 7.10. The Kier molecular flexibility index (Phi) is 3.73. The molecule has 1 heterocycles. The molecule has 1 aromatic heterocycles. The summed E-state index contributed by atoms with van der Waals surface area (Å²) in [7, 11) is 0. The number of aromatic nitrogens is 1. The van der Waals surface area contributed by atoms with Gasteiger partial charge in [0.25, 0.3) is 0 Å². The molecule has 1 atom stereocenters. The molecule has 0 spiro atoms. The number of rotatable bonds is 4. The number of fused-ring (bicyclic) bond motifs is 1. The highest BCUT2D eigenvalue weighted by Crippen LogP contribution is 2.22. The lowest BCUT2D eigenvalue weighted by Crippen LogP contribution is -2.18. The summed E-state index contributed by atoms with van der Waals surface area (Å²) in [6.07, 6.45) is 2.71. The molecule has 0 radical (unpaired) electrons. The van der Waals surface area contributed by atoms with E-state index >= 15 is 0 Å². The van der Waals surface area contributed by atoms with Crippen LogP contribution in [0.2, 0.25) is 0 Å². The molecule has 0 saturated heterocycles. The maximum absolute atomic E-state index is 9.32. The quantitative estimate of drug-likeness (QED) is 0.758. The third kappa shape index (κ3) is 3.14. The second kappa shape index (κ2) is 5.83. The molecule has 0 bridgehead atoms. The third-order valence-corrected chi connectivity index (χ3v) is 3.51. The normalized spacial score (nSPS) is 12.2. The van der Waals surface area contributed by atoms with Crippen LogP contribution in [-0.2, 0) is 6.42 Å². The highest BCUT2D eigenvalue weighted by atomic mass is 16.3. The molecule has 0 aliphatic carbocycles. The SMILES string of the molecule is CC(Cc1ccc(O)cc1)Nc1cccc2cccnc12. The molecule has 0 saturated carbocycles. The van der Waals surface area contributed by atoms with Gasteiger partial charge in [0.2, 0.25) is 0 Å². The number of benzene rings is 2. The number of nitrogens with one attached hydrogen (secondary N) is 1. The minimum absolute atomic E-state index is 0.280. The van der Waals surface area contributed by atoms with Gasteiger partial charge in [0, 0.05) is 17.6 Å². The third-order valence-electron chi connectivity index (χ3n) is 3.51. The fourth-order valence-electron chi connectivity index (χ4n) is 2.52. The Morgan fingerprint density at radius 1 is 1.05 bits per heavy atom. The predicted molar refractivity (Wildman–Crippen MR) is 86.6 cm³/mol.